The summed E-state index contributed by atoms with van der Waals surface area (Å²) >= 11 is 0. The van der Waals surface area contributed by atoms with Crippen molar-refractivity contribution in [2.24, 2.45) is 5.92 Å². The van der Waals surface area contributed by atoms with Gasteiger partial charge in [0.25, 0.3) is 0 Å². The molecule has 0 amide bonds. The average molecular weight is 528 g/mol. The van der Waals surface area contributed by atoms with Crippen LogP contribution in [0.2, 0.25) is 0 Å². The molecule has 2 unspecified atom stereocenters. The number of benzene rings is 2. The van der Waals surface area contributed by atoms with E-state index in [0.29, 0.717) is 17.5 Å². The van der Waals surface area contributed by atoms with Gasteiger partial charge in [-0.1, -0.05) is 31.5 Å². The van der Waals surface area contributed by atoms with E-state index in [1.54, 1.807) is 26.0 Å². The molecule has 7 nitrogen and oxygen atoms in total. The highest BCUT2D eigenvalue weighted by molar-refractivity contribution is 6.14. The number of carbonyl (C=O) groups excluding carboxylic acids is 2. The lowest BCUT2D eigenvalue weighted by Crippen LogP contribution is -2.49. The van der Waals surface area contributed by atoms with Crippen molar-refractivity contribution in [3.63, 3.8) is 0 Å². The number of alkyl halides is 3. The fourth-order valence-corrected chi connectivity index (χ4v) is 4.57. The van der Waals surface area contributed by atoms with Gasteiger partial charge in [0.2, 0.25) is 0 Å². The predicted octanol–water partition coefficient (Wildman–Crippen LogP) is 5.95. The Balaban J connectivity index is 2.38. The minimum atomic E-state index is -4.64. The molecule has 2 aromatic rings. The molecule has 0 aromatic heterocycles. The molecule has 10 heteroatoms. The third-order valence-electron chi connectivity index (χ3n) is 6.11. The van der Waals surface area contributed by atoms with Crippen LogP contribution in [0.15, 0.2) is 59.8 Å². The van der Waals surface area contributed by atoms with Gasteiger partial charge in [-0.15, -0.1) is 0 Å². The third kappa shape index (κ3) is 5.72. The standard InChI is InChI=1S/C28H28F3N3O4/c1-4-8-21-23(26(35)37-5-2)22(18-13-11-17(16-32)12-14-18)24(27(36)38-6-3)25(33)34(21)20-10-7-9-19(15-20)28(29,30)31/h7,9-15,22,24,33H,4-6,8H2,1-3H3. The van der Waals surface area contributed by atoms with Crippen LogP contribution in [-0.4, -0.2) is 31.0 Å². The normalized spacial score (nSPS) is 17.7. The Bertz CT molecular complexity index is 1280. The number of anilines is 1. The molecule has 0 bridgehead atoms. The molecule has 0 aliphatic carbocycles. The summed E-state index contributed by atoms with van der Waals surface area (Å²) in [5.41, 5.74) is 0.205. The number of halogens is 3. The van der Waals surface area contributed by atoms with Gasteiger partial charge in [-0.3, -0.25) is 10.2 Å². The molecule has 0 radical (unpaired) electrons. The molecule has 1 N–H and O–H groups in total. The lowest BCUT2D eigenvalue weighted by atomic mass is 9.74. The van der Waals surface area contributed by atoms with Gasteiger partial charge < -0.3 is 14.4 Å². The molecule has 1 aliphatic rings. The Labute approximate surface area is 219 Å². The number of allylic oxidation sites excluding steroid dienone is 1. The maximum absolute atomic E-state index is 13.6. The second-order valence-corrected chi connectivity index (χ2v) is 8.54. The molecule has 1 aliphatic heterocycles. The van der Waals surface area contributed by atoms with E-state index in [2.05, 4.69) is 0 Å². The van der Waals surface area contributed by atoms with Gasteiger partial charge in [0.05, 0.1) is 36.0 Å². The van der Waals surface area contributed by atoms with Gasteiger partial charge in [-0.05, 0) is 56.2 Å². The van der Waals surface area contributed by atoms with E-state index >= 15 is 0 Å². The van der Waals surface area contributed by atoms with Gasteiger partial charge in [-0.2, -0.15) is 18.4 Å². The van der Waals surface area contributed by atoms with Gasteiger partial charge in [0, 0.05) is 17.3 Å². The van der Waals surface area contributed by atoms with Crippen molar-refractivity contribution in [3.8, 4) is 6.07 Å². The zero-order valence-corrected chi connectivity index (χ0v) is 21.3. The second kappa shape index (κ2) is 11.9. The smallest absolute Gasteiger partial charge is 0.416 e. The van der Waals surface area contributed by atoms with E-state index in [-0.39, 0.29) is 42.4 Å². The molecule has 1 heterocycles. The number of nitriles is 1. The molecular formula is C28H28F3N3O4. The second-order valence-electron chi connectivity index (χ2n) is 8.54. The Morgan fingerprint density at radius 2 is 1.71 bits per heavy atom. The van der Waals surface area contributed by atoms with Gasteiger partial charge in [0.1, 0.15) is 11.8 Å². The zero-order chi connectivity index (χ0) is 28.0. The Hall–Kier alpha value is -4.13. The largest absolute Gasteiger partial charge is 0.465 e. The van der Waals surface area contributed by atoms with Crippen molar-refractivity contribution in [2.45, 2.75) is 45.7 Å². The van der Waals surface area contributed by atoms with E-state index in [9.17, 15) is 28.0 Å². The van der Waals surface area contributed by atoms with Crippen molar-refractivity contribution < 1.29 is 32.2 Å². The van der Waals surface area contributed by atoms with Crippen LogP contribution in [-0.2, 0) is 25.2 Å². The van der Waals surface area contributed by atoms with E-state index in [1.807, 2.05) is 13.0 Å². The Kier molecular flexibility index (Phi) is 8.94. The third-order valence-corrected chi connectivity index (χ3v) is 6.11. The van der Waals surface area contributed by atoms with Crippen LogP contribution in [0, 0.1) is 22.7 Å². The Morgan fingerprint density at radius 1 is 1.05 bits per heavy atom. The summed E-state index contributed by atoms with van der Waals surface area (Å²) in [5, 5.41) is 18.3. The van der Waals surface area contributed by atoms with Crippen LogP contribution in [0.25, 0.3) is 0 Å². The van der Waals surface area contributed by atoms with E-state index in [1.165, 1.54) is 29.2 Å². The summed E-state index contributed by atoms with van der Waals surface area (Å²) in [4.78, 5) is 28.0. The molecule has 0 saturated heterocycles. The van der Waals surface area contributed by atoms with Crippen LogP contribution >= 0.6 is 0 Å². The fourth-order valence-electron chi connectivity index (χ4n) is 4.57. The highest BCUT2D eigenvalue weighted by Gasteiger charge is 2.48. The number of hydrogen-bond acceptors (Lipinski definition) is 6. The number of rotatable bonds is 8. The maximum atomic E-state index is 13.6. The molecule has 0 fully saturated rings. The van der Waals surface area contributed by atoms with Crippen molar-refractivity contribution in [1.29, 1.82) is 10.7 Å². The summed E-state index contributed by atoms with van der Waals surface area (Å²) in [5.74, 6) is -4.26. The van der Waals surface area contributed by atoms with Gasteiger partial charge in [0.15, 0.2) is 0 Å². The lowest BCUT2D eigenvalue weighted by Gasteiger charge is -2.41. The van der Waals surface area contributed by atoms with Crippen LogP contribution in [0.4, 0.5) is 18.9 Å². The van der Waals surface area contributed by atoms with Crippen molar-refractivity contribution in [2.75, 3.05) is 18.1 Å². The number of nitrogens with zero attached hydrogens (tertiary/aromatic N) is 2. The Morgan fingerprint density at radius 3 is 2.26 bits per heavy atom. The van der Waals surface area contributed by atoms with Crippen LogP contribution in [0.5, 0.6) is 0 Å². The van der Waals surface area contributed by atoms with Crippen LogP contribution < -0.4 is 4.90 Å². The summed E-state index contributed by atoms with van der Waals surface area (Å²) in [6.07, 6.45) is -3.93. The number of hydrogen-bond donors (Lipinski definition) is 1. The van der Waals surface area contributed by atoms with Crippen molar-refractivity contribution in [3.05, 3.63) is 76.5 Å². The molecule has 3 rings (SSSR count). The van der Waals surface area contributed by atoms with Gasteiger partial charge >= 0.3 is 18.1 Å². The topological polar surface area (TPSA) is 103 Å². The van der Waals surface area contributed by atoms with E-state index < -0.39 is 35.5 Å². The summed E-state index contributed by atoms with van der Waals surface area (Å²) in [6, 6.07) is 12.7. The number of carbonyl (C=O) groups is 2. The number of esters is 2. The molecule has 200 valence electrons. The number of amidine groups is 1. The van der Waals surface area contributed by atoms with E-state index in [4.69, 9.17) is 14.9 Å². The first-order valence-electron chi connectivity index (χ1n) is 12.2. The molecule has 2 atom stereocenters. The highest BCUT2D eigenvalue weighted by atomic mass is 19.4. The predicted molar refractivity (Wildman–Crippen MR) is 134 cm³/mol. The SMILES string of the molecule is CCCC1=C(C(=O)OCC)C(c2ccc(C#N)cc2)C(C(=O)OCC)C(=N)N1c1cccc(C(F)(F)F)c1. The lowest BCUT2D eigenvalue weighted by molar-refractivity contribution is -0.146. The summed E-state index contributed by atoms with van der Waals surface area (Å²) in [6.45, 7) is 5.06. The molecule has 38 heavy (non-hydrogen) atoms. The number of nitrogens with one attached hydrogen (secondary N) is 1. The quantitative estimate of drug-likeness (QED) is 0.425. The maximum Gasteiger partial charge on any atom is 0.416 e. The first-order valence-corrected chi connectivity index (χ1v) is 12.2. The fraction of sp³-hybridized carbons (Fsp3) is 0.357. The summed E-state index contributed by atoms with van der Waals surface area (Å²) in [7, 11) is 0. The van der Waals surface area contributed by atoms with Crippen molar-refractivity contribution in [1.82, 2.24) is 0 Å². The van der Waals surface area contributed by atoms with Crippen LogP contribution in [0.1, 0.15) is 56.2 Å². The van der Waals surface area contributed by atoms with Crippen LogP contribution in [0.3, 0.4) is 0 Å². The van der Waals surface area contributed by atoms with Crippen molar-refractivity contribution >= 4 is 23.5 Å². The minimum Gasteiger partial charge on any atom is -0.465 e. The first kappa shape index (κ1) is 28.4. The molecule has 0 saturated carbocycles. The monoisotopic (exact) mass is 527 g/mol. The highest BCUT2D eigenvalue weighted by Crippen LogP contribution is 2.45. The van der Waals surface area contributed by atoms with Gasteiger partial charge in [-0.25, -0.2) is 4.79 Å². The molecule has 0 spiro atoms. The average Bonchev–Trinajstić information content (AvgIpc) is 2.88. The minimum absolute atomic E-state index is 0.00741. The van der Waals surface area contributed by atoms with E-state index in [0.717, 1.165) is 12.1 Å². The number of ether oxygens (including phenoxy) is 2. The summed E-state index contributed by atoms with van der Waals surface area (Å²) < 4.78 is 51.4. The zero-order valence-electron chi connectivity index (χ0n) is 21.3. The molecule has 2 aromatic carbocycles. The first-order chi connectivity index (χ1) is 18.1. The molecular weight excluding hydrogens is 499 g/mol.